The summed E-state index contributed by atoms with van der Waals surface area (Å²) >= 11 is 0. The lowest BCUT2D eigenvalue weighted by atomic mass is 10.1. The molecule has 0 atom stereocenters. The molecule has 1 aromatic carbocycles. The Morgan fingerprint density at radius 3 is 2.14 bits per heavy atom. The average molecular weight is 301 g/mol. The molecule has 0 saturated carbocycles. The number of nitrogens with two attached hydrogens (primary N) is 1. The van der Waals surface area contributed by atoms with Gasteiger partial charge in [-0.25, -0.2) is 13.6 Å². The summed E-state index contributed by atoms with van der Waals surface area (Å²) in [5.41, 5.74) is 0.477. The Bertz CT molecular complexity index is 832. The maximum absolute atomic E-state index is 11.6. The molecule has 0 aromatic heterocycles. The van der Waals surface area contributed by atoms with Gasteiger partial charge in [0.2, 0.25) is 10.0 Å². The van der Waals surface area contributed by atoms with E-state index in [2.05, 4.69) is 5.32 Å². The highest BCUT2D eigenvalue weighted by Crippen LogP contribution is 2.27. The summed E-state index contributed by atoms with van der Waals surface area (Å²) in [5.74, 6) is 0. The van der Waals surface area contributed by atoms with Crippen molar-refractivity contribution in [2.24, 2.45) is 5.14 Å². The molecule has 1 rings (SSSR count). The van der Waals surface area contributed by atoms with Gasteiger partial charge >= 0.3 is 0 Å². The number of anilines is 1. The third-order valence-corrected chi connectivity index (χ3v) is 3.52. The molecular formula is C13H11N5O2S. The lowest BCUT2D eigenvalue weighted by Gasteiger charge is -2.14. The highest BCUT2D eigenvalue weighted by Gasteiger charge is 2.19. The van der Waals surface area contributed by atoms with Gasteiger partial charge in [0.25, 0.3) is 0 Å². The SMILES string of the molecule is Cc1cc(C)c(NC(C#N)=C(C#N)C#N)c(S(N)(=O)=O)c1. The molecule has 21 heavy (non-hydrogen) atoms. The Hall–Kier alpha value is -2.86. The zero-order valence-electron chi connectivity index (χ0n) is 11.3. The van der Waals surface area contributed by atoms with Crippen LogP contribution < -0.4 is 10.5 Å². The van der Waals surface area contributed by atoms with Gasteiger partial charge in [-0.1, -0.05) is 6.07 Å². The van der Waals surface area contributed by atoms with E-state index in [1.807, 2.05) is 0 Å². The lowest BCUT2D eigenvalue weighted by molar-refractivity contribution is 0.598. The number of hydrogen-bond acceptors (Lipinski definition) is 6. The van der Waals surface area contributed by atoms with Crippen molar-refractivity contribution in [3.63, 3.8) is 0 Å². The van der Waals surface area contributed by atoms with E-state index in [4.69, 9.17) is 20.9 Å². The first-order valence-electron chi connectivity index (χ1n) is 5.60. The van der Waals surface area contributed by atoms with Crippen molar-refractivity contribution in [1.29, 1.82) is 15.8 Å². The number of primary sulfonamides is 1. The van der Waals surface area contributed by atoms with Crippen LogP contribution in [0.2, 0.25) is 0 Å². The second kappa shape index (κ2) is 6.06. The molecule has 8 heteroatoms. The van der Waals surface area contributed by atoms with E-state index in [9.17, 15) is 8.42 Å². The average Bonchev–Trinajstić information content (AvgIpc) is 2.39. The van der Waals surface area contributed by atoms with E-state index in [0.29, 0.717) is 11.1 Å². The van der Waals surface area contributed by atoms with Crippen molar-refractivity contribution < 1.29 is 8.42 Å². The highest BCUT2D eigenvalue weighted by atomic mass is 32.2. The molecule has 0 bridgehead atoms. The third kappa shape index (κ3) is 3.58. The molecule has 0 spiro atoms. The summed E-state index contributed by atoms with van der Waals surface area (Å²) in [4.78, 5) is -0.206. The van der Waals surface area contributed by atoms with E-state index in [1.54, 1.807) is 38.1 Å². The molecule has 1 aromatic rings. The van der Waals surface area contributed by atoms with E-state index < -0.39 is 15.6 Å². The minimum Gasteiger partial charge on any atom is -0.344 e. The van der Waals surface area contributed by atoms with Gasteiger partial charge in [-0.15, -0.1) is 0 Å². The van der Waals surface area contributed by atoms with Crippen LogP contribution in [0.3, 0.4) is 0 Å². The number of allylic oxidation sites excluding steroid dienone is 2. The normalized spacial score (nSPS) is 9.90. The third-order valence-electron chi connectivity index (χ3n) is 2.59. The molecule has 0 aliphatic carbocycles. The summed E-state index contributed by atoms with van der Waals surface area (Å²) in [6.45, 7) is 3.32. The highest BCUT2D eigenvalue weighted by molar-refractivity contribution is 7.89. The van der Waals surface area contributed by atoms with Crippen molar-refractivity contribution >= 4 is 15.7 Å². The maximum atomic E-state index is 11.6. The fraction of sp³-hybridized carbons (Fsp3) is 0.154. The number of nitrogens with zero attached hydrogens (tertiary/aromatic N) is 3. The van der Waals surface area contributed by atoms with Crippen LogP contribution in [0.5, 0.6) is 0 Å². The van der Waals surface area contributed by atoms with E-state index in [1.165, 1.54) is 6.07 Å². The molecule has 0 aliphatic heterocycles. The number of sulfonamides is 1. The fourth-order valence-electron chi connectivity index (χ4n) is 1.72. The lowest BCUT2D eigenvalue weighted by Crippen LogP contribution is -2.16. The van der Waals surface area contributed by atoms with Gasteiger partial charge < -0.3 is 5.32 Å². The smallest absolute Gasteiger partial charge is 0.240 e. The number of rotatable bonds is 3. The number of hydrogen-bond donors (Lipinski definition) is 2. The van der Waals surface area contributed by atoms with E-state index in [0.717, 1.165) is 0 Å². The Labute approximate surface area is 122 Å². The molecule has 0 heterocycles. The van der Waals surface area contributed by atoms with Crippen LogP contribution in [-0.4, -0.2) is 8.42 Å². The van der Waals surface area contributed by atoms with Gasteiger partial charge in [0.1, 0.15) is 28.8 Å². The Kier molecular flexibility index (Phi) is 4.67. The molecule has 0 amide bonds. The van der Waals surface area contributed by atoms with Crippen molar-refractivity contribution in [1.82, 2.24) is 0 Å². The van der Waals surface area contributed by atoms with Crippen molar-refractivity contribution in [3.05, 3.63) is 34.5 Å². The number of nitriles is 3. The topological polar surface area (TPSA) is 144 Å². The predicted molar refractivity (Wildman–Crippen MR) is 74.8 cm³/mol. The minimum atomic E-state index is -4.03. The van der Waals surface area contributed by atoms with Crippen LogP contribution in [0.15, 0.2) is 28.3 Å². The molecule has 106 valence electrons. The number of nitrogens with one attached hydrogen (secondary N) is 1. The summed E-state index contributed by atoms with van der Waals surface area (Å²) < 4.78 is 23.3. The first-order chi connectivity index (χ1) is 9.74. The van der Waals surface area contributed by atoms with Gasteiger partial charge in [-0.3, -0.25) is 0 Å². The molecule has 0 fully saturated rings. The maximum Gasteiger partial charge on any atom is 0.240 e. The first kappa shape index (κ1) is 16.2. The van der Waals surface area contributed by atoms with Crippen LogP contribution >= 0.6 is 0 Å². The van der Waals surface area contributed by atoms with Crippen LogP contribution in [-0.2, 0) is 10.0 Å². The Morgan fingerprint density at radius 1 is 1.14 bits per heavy atom. The molecule has 7 nitrogen and oxygen atoms in total. The summed E-state index contributed by atoms with van der Waals surface area (Å²) in [6, 6.07) is 7.82. The standard InChI is InChI=1S/C13H11N5O2S/c1-8-3-9(2)13(12(4-8)21(17,19)20)18-11(7-16)10(5-14)6-15/h3-4,18H,1-2H3,(H2,17,19,20). The predicted octanol–water partition coefficient (Wildman–Crippen LogP) is 1.19. The van der Waals surface area contributed by atoms with Gasteiger partial charge in [0, 0.05) is 0 Å². The summed E-state index contributed by atoms with van der Waals surface area (Å²) in [7, 11) is -4.03. The summed E-state index contributed by atoms with van der Waals surface area (Å²) in [5, 5.41) is 34.2. The van der Waals surface area contributed by atoms with Crippen molar-refractivity contribution in [2.45, 2.75) is 18.7 Å². The van der Waals surface area contributed by atoms with Crippen molar-refractivity contribution in [2.75, 3.05) is 5.32 Å². The Morgan fingerprint density at radius 2 is 1.71 bits per heavy atom. The molecule has 0 saturated heterocycles. The molecule has 0 radical (unpaired) electrons. The van der Waals surface area contributed by atoms with Gasteiger partial charge in [0.05, 0.1) is 5.69 Å². The first-order valence-corrected chi connectivity index (χ1v) is 7.15. The molecule has 0 aliphatic rings. The van der Waals surface area contributed by atoms with Crippen LogP contribution in [0, 0.1) is 47.8 Å². The monoisotopic (exact) mass is 301 g/mol. The van der Waals surface area contributed by atoms with Gasteiger partial charge in [-0.05, 0) is 31.0 Å². The molecule has 3 N–H and O–H groups in total. The van der Waals surface area contributed by atoms with E-state index >= 15 is 0 Å². The minimum absolute atomic E-state index is 0.0719. The zero-order chi connectivity index (χ0) is 16.2. The largest absolute Gasteiger partial charge is 0.344 e. The Balaban J connectivity index is 3.62. The second-order valence-corrected chi connectivity index (χ2v) is 5.74. The fourth-order valence-corrected chi connectivity index (χ4v) is 2.57. The van der Waals surface area contributed by atoms with Crippen molar-refractivity contribution in [3.8, 4) is 18.2 Å². The summed E-state index contributed by atoms with van der Waals surface area (Å²) in [6.07, 6.45) is 0. The van der Waals surface area contributed by atoms with Crippen LogP contribution in [0.4, 0.5) is 5.69 Å². The molecule has 0 unspecified atom stereocenters. The quantitative estimate of drug-likeness (QED) is 0.802. The zero-order valence-corrected chi connectivity index (χ0v) is 12.1. The van der Waals surface area contributed by atoms with E-state index in [-0.39, 0.29) is 16.3 Å². The van der Waals surface area contributed by atoms with Crippen LogP contribution in [0.25, 0.3) is 0 Å². The van der Waals surface area contributed by atoms with Gasteiger partial charge in [-0.2, -0.15) is 15.8 Å². The van der Waals surface area contributed by atoms with Crippen LogP contribution in [0.1, 0.15) is 11.1 Å². The van der Waals surface area contributed by atoms with Gasteiger partial charge in [0.15, 0.2) is 5.57 Å². The number of aryl methyl sites for hydroxylation is 2. The number of benzene rings is 1. The second-order valence-electron chi connectivity index (χ2n) is 4.21. The molecular weight excluding hydrogens is 290 g/mol.